The third kappa shape index (κ3) is 4.18. The van der Waals surface area contributed by atoms with Crippen LogP contribution in [0.4, 0.5) is 5.82 Å². The van der Waals surface area contributed by atoms with E-state index in [4.69, 9.17) is 4.74 Å². The minimum Gasteiger partial charge on any atom is -0.375 e. The topological polar surface area (TPSA) is 37.4 Å². The van der Waals surface area contributed by atoms with E-state index in [-0.39, 0.29) is 0 Å². The lowest BCUT2D eigenvalue weighted by atomic mass is 10.2. The van der Waals surface area contributed by atoms with Crippen molar-refractivity contribution in [3.63, 3.8) is 0 Å². The fourth-order valence-electron chi connectivity index (χ4n) is 2.29. The first kappa shape index (κ1) is 14.3. The Bertz CT molecular complexity index is 366. The molecule has 0 radical (unpaired) electrons. The molecule has 2 rings (SSSR count). The highest BCUT2D eigenvalue weighted by atomic mass is 16.5. The fraction of sp³-hybridized carbons (Fsp3) is 0.667. The molecule has 0 aromatic carbocycles. The normalized spacial score (nSPS) is 19.7. The smallest absolute Gasteiger partial charge is 0.128 e. The third-order valence-electron chi connectivity index (χ3n) is 3.48. The lowest BCUT2D eigenvalue weighted by Crippen LogP contribution is -2.42. The molecule has 2 heterocycles. The second-order valence-corrected chi connectivity index (χ2v) is 5.05. The standard InChI is InChI=1S/C15H25N3O/c1-3-7-16-10-13-5-6-15(17-11-13)18-8-9-19-14(4-2)12-18/h5-6,11,14,16H,3-4,7-10,12H2,1-2H3. The van der Waals surface area contributed by atoms with E-state index in [2.05, 4.69) is 41.2 Å². The minimum atomic E-state index is 0.349. The lowest BCUT2D eigenvalue weighted by molar-refractivity contribution is 0.0381. The molecule has 0 saturated carbocycles. The van der Waals surface area contributed by atoms with E-state index >= 15 is 0 Å². The van der Waals surface area contributed by atoms with Crippen molar-refractivity contribution < 1.29 is 4.74 Å². The molecule has 1 fully saturated rings. The quantitative estimate of drug-likeness (QED) is 0.798. The summed E-state index contributed by atoms with van der Waals surface area (Å²) >= 11 is 0. The largest absolute Gasteiger partial charge is 0.375 e. The van der Waals surface area contributed by atoms with Crippen molar-refractivity contribution in [2.45, 2.75) is 39.3 Å². The van der Waals surface area contributed by atoms with Crippen LogP contribution >= 0.6 is 0 Å². The summed E-state index contributed by atoms with van der Waals surface area (Å²) in [5.74, 6) is 1.07. The van der Waals surface area contributed by atoms with E-state index in [0.717, 1.165) is 51.4 Å². The van der Waals surface area contributed by atoms with E-state index in [9.17, 15) is 0 Å². The zero-order valence-corrected chi connectivity index (χ0v) is 12.1. The molecule has 1 aromatic rings. The summed E-state index contributed by atoms with van der Waals surface area (Å²) in [5, 5.41) is 3.39. The van der Waals surface area contributed by atoms with Gasteiger partial charge in [-0.25, -0.2) is 4.98 Å². The average molecular weight is 263 g/mol. The number of pyridine rings is 1. The van der Waals surface area contributed by atoms with E-state index in [1.165, 1.54) is 5.56 Å². The summed E-state index contributed by atoms with van der Waals surface area (Å²) in [7, 11) is 0. The van der Waals surface area contributed by atoms with Crippen molar-refractivity contribution in [3.05, 3.63) is 23.9 Å². The van der Waals surface area contributed by atoms with Crippen molar-refractivity contribution in [1.29, 1.82) is 0 Å². The van der Waals surface area contributed by atoms with Crippen molar-refractivity contribution >= 4 is 5.82 Å². The van der Waals surface area contributed by atoms with Crippen LogP contribution in [0.3, 0.4) is 0 Å². The van der Waals surface area contributed by atoms with Crippen molar-refractivity contribution in [2.75, 3.05) is 31.1 Å². The van der Waals surface area contributed by atoms with Crippen molar-refractivity contribution in [3.8, 4) is 0 Å². The predicted molar refractivity (Wildman–Crippen MR) is 78.5 cm³/mol. The number of nitrogens with one attached hydrogen (secondary N) is 1. The summed E-state index contributed by atoms with van der Waals surface area (Å²) in [5.41, 5.74) is 1.25. The molecule has 4 heteroatoms. The molecule has 0 bridgehead atoms. The molecule has 1 N–H and O–H groups in total. The fourth-order valence-corrected chi connectivity index (χ4v) is 2.29. The molecule has 1 atom stereocenters. The molecule has 1 saturated heterocycles. The number of nitrogens with zero attached hydrogens (tertiary/aromatic N) is 2. The third-order valence-corrected chi connectivity index (χ3v) is 3.48. The number of aromatic nitrogens is 1. The van der Waals surface area contributed by atoms with E-state index in [1.54, 1.807) is 0 Å². The summed E-state index contributed by atoms with van der Waals surface area (Å²) in [6, 6.07) is 4.29. The number of ether oxygens (including phenoxy) is 1. The SMILES string of the molecule is CCCNCc1ccc(N2CCOC(CC)C2)nc1. The summed E-state index contributed by atoms with van der Waals surface area (Å²) in [6.45, 7) is 9.01. The van der Waals surface area contributed by atoms with Crippen LogP contribution in [0.1, 0.15) is 32.3 Å². The van der Waals surface area contributed by atoms with Gasteiger partial charge in [-0.3, -0.25) is 0 Å². The lowest BCUT2D eigenvalue weighted by Gasteiger charge is -2.33. The molecule has 19 heavy (non-hydrogen) atoms. The van der Waals surface area contributed by atoms with Gasteiger partial charge in [0.05, 0.1) is 12.7 Å². The first-order valence-corrected chi connectivity index (χ1v) is 7.35. The van der Waals surface area contributed by atoms with Crippen LogP contribution in [0.25, 0.3) is 0 Å². The van der Waals surface area contributed by atoms with Gasteiger partial charge in [0.25, 0.3) is 0 Å². The maximum absolute atomic E-state index is 5.69. The Kier molecular flexibility index (Phi) is 5.61. The van der Waals surface area contributed by atoms with Crippen LogP contribution in [0, 0.1) is 0 Å². The van der Waals surface area contributed by atoms with Gasteiger partial charge in [0.1, 0.15) is 5.82 Å². The zero-order chi connectivity index (χ0) is 13.5. The van der Waals surface area contributed by atoms with Gasteiger partial charge in [-0.15, -0.1) is 0 Å². The van der Waals surface area contributed by atoms with Gasteiger partial charge in [0, 0.05) is 25.8 Å². The first-order chi connectivity index (χ1) is 9.33. The Morgan fingerprint density at radius 3 is 3.00 bits per heavy atom. The molecular formula is C15H25N3O. The van der Waals surface area contributed by atoms with Crippen LogP contribution < -0.4 is 10.2 Å². The highest BCUT2D eigenvalue weighted by Gasteiger charge is 2.19. The summed E-state index contributed by atoms with van der Waals surface area (Å²) in [6.07, 6.45) is 4.56. The molecule has 4 nitrogen and oxygen atoms in total. The monoisotopic (exact) mass is 263 g/mol. The Labute approximate surface area is 116 Å². The number of morpholine rings is 1. The molecule has 1 aliphatic rings. The van der Waals surface area contributed by atoms with Crippen LogP contribution in [0.5, 0.6) is 0 Å². The molecule has 0 aliphatic carbocycles. The Hall–Kier alpha value is -1.13. The highest BCUT2D eigenvalue weighted by Crippen LogP contribution is 2.16. The average Bonchev–Trinajstić information content (AvgIpc) is 2.48. The molecule has 1 aliphatic heterocycles. The van der Waals surface area contributed by atoms with Gasteiger partial charge in [0.15, 0.2) is 0 Å². The molecule has 0 spiro atoms. The van der Waals surface area contributed by atoms with Gasteiger partial charge in [-0.05, 0) is 31.0 Å². The van der Waals surface area contributed by atoms with Gasteiger partial charge in [-0.1, -0.05) is 19.9 Å². The number of hydrogen-bond acceptors (Lipinski definition) is 4. The Morgan fingerprint density at radius 1 is 1.42 bits per heavy atom. The van der Waals surface area contributed by atoms with E-state index in [0.29, 0.717) is 6.10 Å². The Morgan fingerprint density at radius 2 is 2.32 bits per heavy atom. The second-order valence-electron chi connectivity index (χ2n) is 5.05. The molecule has 106 valence electrons. The molecule has 0 amide bonds. The highest BCUT2D eigenvalue weighted by molar-refractivity contribution is 5.39. The van der Waals surface area contributed by atoms with E-state index < -0.39 is 0 Å². The molecule has 1 unspecified atom stereocenters. The van der Waals surface area contributed by atoms with Crippen molar-refractivity contribution in [2.24, 2.45) is 0 Å². The zero-order valence-electron chi connectivity index (χ0n) is 12.1. The van der Waals surface area contributed by atoms with E-state index in [1.807, 2.05) is 6.20 Å². The maximum atomic E-state index is 5.69. The minimum absolute atomic E-state index is 0.349. The first-order valence-electron chi connectivity index (χ1n) is 7.35. The van der Waals surface area contributed by atoms with Gasteiger partial charge >= 0.3 is 0 Å². The van der Waals surface area contributed by atoms with Crippen LogP contribution in [0.15, 0.2) is 18.3 Å². The molecule has 1 aromatic heterocycles. The number of rotatable bonds is 6. The second kappa shape index (κ2) is 7.46. The summed E-state index contributed by atoms with van der Waals surface area (Å²) in [4.78, 5) is 6.90. The number of hydrogen-bond donors (Lipinski definition) is 1. The number of anilines is 1. The maximum Gasteiger partial charge on any atom is 0.128 e. The van der Waals surface area contributed by atoms with Crippen LogP contribution in [-0.2, 0) is 11.3 Å². The van der Waals surface area contributed by atoms with Gasteiger partial charge in [0.2, 0.25) is 0 Å². The van der Waals surface area contributed by atoms with Crippen LogP contribution in [-0.4, -0.2) is 37.3 Å². The van der Waals surface area contributed by atoms with Gasteiger partial charge < -0.3 is 15.0 Å². The molecular weight excluding hydrogens is 238 g/mol. The summed E-state index contributed by atoms with van der Waals surface area (Å²) < 4.78 is 5.69. The van der Waals surface area contributed by atoms with Crippen LogP contribution in [0.2, 0.25) is 0 Å². The Balaban J connectivity index is 1.90. The predicted octanol–water partition coefficient (Wildman–Crippen LogP) is 2.20. The van der Waals surface area contributed by atoms with Crippen molar-refractivity contribution in [1.82, 2.24) is 10.3 Å². The van der Waals surface area contributed by atoms with Gasteiger partial charge in [-0.2, -0.15) is 0 Å².